The Morgan fingerprint density at radius 2 is 0.829 bits per heavy atom. The van der Waals surface area contributed by atoms with Gasteiger partial charge in [-0.1, -0.05) is 18.2 Å². The van der Waals surface area contributed by atoms with Crippen molar-refractivity contribution < 1.29 is 4.79 Å². The third-order valence-electron chi connectivity index (χ3n) is 3.04. The average Bonchev–Trinajstić information content (AvgIpc) is 2.85. The number of hydrogen-bond acceptors (Lipinski definition) is 10. The van der Waals surface area contributed by atoms with Crippen LogP contribution in [0, 0.1) is 0 Å². The van der Waals surface area contributed by atoms with Crippen LogP contribution in [0.4, 0.5) is 0 Å². The van der Waals surface area contributed by atoms with E-state index < -0.39 is 5.91 Å². The number of carbonyl (C=O) groups is 1. The van der Waals surface area contributed by atoms with Crippen molar-refractivity contribution in [3.63, 3.8) is 0 Å². The van der Waals surface area contributed by atoms with Gasteiger partial charge in [-0.15, -0.1) is 0 Å². The summed E-state index contributed by atoms with van der Waals surface area (Å²) in [5.41, 5.74) is 5.28. The molecule has 0 aromatic rings. The minimum absolute atomic E-state index is 0.00835. The maximum Gasteiger partial charge on any atom is 0.268 e. The van der Waals surface area contributed by atoms with Crippen LogP contribution in [0.15, 0.2) is 131 Å². The van der Waals surface area contributed by atoms with Crippen molar-refractivity contribution in [1.82, 2.24) is 0 Å². The van der Waals surface area contributed by atoms with Gasteiger partial charge in [-0.3, -0.25) is 44.7 Å². The standard InChI is InChI=1S/C24H24N10O/c25-24(35)23-22-33-21-20-32-19-18-31-17-16-30-15-14-29-13-12-28-11-10-27-9-8-26-6-4-2-1-3-5-7-34-23/h1-22H,(H2,25,35). The first-order chi connectivity index (χ1) is 17.3. The van der Waals surface area contributed by atoms with Gasteiger partial charge in [0.2, 0.25) is 0 Å². The van der Waals surface area contributed by atoms with Crippen molar-refractivity contribution in [3.8, 4) is 0 Å². The monoisotopic (exact) mass is 468 g/mol. The van der Waals surface area contributed by atoms with E-state index >= 15 is 0 Å². The molecule has 1 heterocycles. The van der Waals surface area contributed by atoms with Crippen LogP contribution < -0.4 is 5.73 Å². The number of amides is 1. The zero-order valence-corrected chi connectivity index (χ0v) is 18.7. The van der Waals surface area contributed by atoms with E-state index in [1.165, 1.54) is 99.3 Å². The highest BCUT2D eigenvalue weighted by molar-refractivity contribution is 6.60. The number of carbonyl (C=O) groups excluding carboxylic acids is 1. The molecule has 0 bridgehead atoms. The Labute approximate surface area is 203 Å². The summed E-state index contributed by atoms with van der Waals surface area (Å²) in [6, 6.07) is 0. The molecule has 11 nitrogen and oxygen atoms in total. The van der Waals surface area contributed by atoms with E-state index in [2.05, 4.69) is 44.9 Å². The van der Waals surface area contributed by atoms with Gasteiger partial charge >= 0.3 is 0 Å². The number of hydrogen-bond donors (Lipinski definition) is 1. The van der Waals surface area contributed by atoms with Crippen LogP contribution in [0.1, 0.15) is 0 Å². The first-order valence-corrected chi connectivity index (χ1v) is 9.98. The smallest absolute Gasteiger partial charge is 0.268 e. The summed E-state index contributed by atoms with van der Waals surface area (Å²) in [5.74, 6) is -0.707. The lowest BCUT2D eigenvalue weighted by molar-refractivity contribution is -0.111. The molecule has 0 unspecified atom stereocenters. The van der Waals surface area contributed by atoms with E-state index in [4.69, 9.17) is 5.73 Å². The Bertz CT molecular complexity index is 1120. The summed E-state index contributed by atoms with van der Waals surface area (Å²) in [5, 5.41) is 0. The van der Waals surface area contributed by atoms with Gasteiger partial charge in [0.25, 0.3) is 5.91 Å². The van der Waals surface area contributed by atoms with Gasteiger partial charge in [0.15, 0.2) is 0 Å². The zero-order valence-electron chi connectivity index (χ0n) is 18.7. The molecule has 0 aliphatic carbocycles. The fraction of sp³-hybridized carbons (Fsp3) is 0. The molecule has 1 amide bonds. The van der Waals surface area contributed by atoms with Crippen molar-refractivity contribution in [2.24, 2.45) is 50.7 Å². The Kier molecular flexibility index (Phi) is 17.3. The van der Waals surface area contributed by atoms with Crippen LogP contribution in [-0.2, 0) is 4.79 Å². The van der Waals surface area contributed by atoms with Gasteiger partial charge in [0.1, 0.15) is 5.71 Å². The summed E-state index contributed by atoms with van der Waals surface area (Å²) in [4.78, 5) is 47.1. The fourth-order valence-corrected chi connectivity index (χ4v) is 1.63. The van der Waals surface area contributed by atoms with Gasteiger partial charge < -0.3 is 5.73 Å². The maximum atomic E-state index is 11.4. The van der Waals surface area contributed by atoms with Crippen molar-refractivity contribution in [2.45, 2.75) is 0 Å². The fourth-order valence-electron chi connectivity index (χ4n) is 1.63. The van der Waals surface area contributed by atoms with Gasteiger partial charge in [-0.25, -0.2) is 4.99 Å². The molecule has 2 N–H and O–H groups in total. The first-order valence-electron chi connectivity index (χ1n) is 9.98. The summed E-state index contributed by atoms with van der Waals surface area (Å²) >= 11 is 0. The third kappa shape index (κ3) is 19.1. The second-order valence-electron chi connectivity index (χ2n) is 5.55. The number of primary amides is 1. The predicted molar refractivity (Wildman–Crippen MR) is 149 cm³/mol. The van der Waals surface area contributed by atoms with Crippen LogP contribution >= 0.6 is 0 Å². The molecule has 0 spiro atoms. The highest BCUT2D eigenvalue weighted by Crippen LogP contribution is 1.85. The van der Waals surface area contributed by atoms with Crippen molar-refractivity contribution in [2.75, 3.05) is 0 Å². The Hall–Kier alpha value is -5.32. The molecule has 0 aromatic carbocycles. The lowest BCUT2D eigenvalue weighted by Gasteiger charge is -1.89. The Balaban J connectivity index is 2.85. The van der Waals surface area contributed by atoms with E-state index in [1.54, 1.807) is 36.6 Å². The molecule has 0 fully saturated rings. The third-order valence-corrected chi connectivity index (χ3v) is 3.04. The molecule has 11 heteroatoms. The van der Waals surface area contributed by atoms with Crippen LogP contribution in [0.5, 0.6) is 0 Å². The number of aliphatic imine (C=N–C) groups is 9. The number of rotatable bonds is 1. The number of nitrogens with two attached hydrogens (primary N) is 1. The van der Waals surface area contributed by atoms with Crippen LogP contribution in [0.2, 0.25) is 0 Å². The van der Waals surface area contributed by atoms with Crippen LogP contribution in [0.25, 0.3) is 0 Å². The molecule has 1 aliphatic heterocycles. The maximum absolute atomic E-state index is 11.4. The molecule has 0 aromatic heterocycles. The summed E-state index contributed by atoms with van der Waals surface area (Å²) in [7, 11) is 0. The van der Waals surface area contributed by atoms with Crippen molar-refractivity contribution in [1.29, 1.82) is 0 Å². The quantitative estimate of drug-likeness (QED) is 0.617. The van der Waals surface area contributed by atoms with Crippen LogP contribution in [0.3, 0.4) is 0 Å². The van der Waals surface area contributed by atoms with E-state index in [-0.39, 0.29) is 5.71 Å². The minimum atomic E-state index is -0.707. The highest BCUT2D eigenvalue weighted by Gasteiger charge is 2.00. The van der Waals surface area contributed by atoms with Gasteiger partial charge in [-0.05, 0) is 12.2 Å². The number of allylic oxidation sites excluding steroid dienone is 5. The second kappa shape index (κ2) is 21.9. The first kappa shape index (κ1) is 27.7. The van der Waals surface area contributed by atoms with E-state index in [1.807, 2.05) is 0 Å². The average molecular weight is 469 g/mol. The summed E-state index contributed by atoms with van der Waals surface area (Å²) in [6.45, 7) is 0. The van der Waals surface area contributed by atoms with Gasteiger partial charge in [-0.2, -0.15) is 0 Å². The molecule has 0 radical (unpaired) electrons. The van der Waals surface area contributed by atoms with Crippen molar-refractivity contribution >= 4 is 61.3 Å². The highest BCUT2D eigenvalue weighted by atomic mass is 16.1. The molecular weight excluding hydrogens is 444 g/mol. The normalized spacial score (nSPS) is 15.8. The van der Waals surface area contributed by atoms with E-state index in [0.29, 0.717) is 0 Å². The molecule has 0 saturated heterocycles. The van der Waals surface area contributed by atoms with Gasteiger partial charge in [0.05, 0.1) is 6.21 Å². The lowest BCUT2D eigenvalue weighted by Crippen LogP contribution is -2.24. The SMILES string of the molecule is NC(=O)C1=NC=CC=CC=CC=NC=CN=CC=NC=CN=CC=NC=CN=CC=NC=CN=C1. The molecule has 35 heavy (non-hydrogen) atoms. The van der Waals surface area contributed by atoms with E-state index in [0.717, 1.165) is 0 Å². The molecule has 1 aliphatic rings. The zero-order chi connectivity index (χ0) is 25.1. The van der Waals surface area contributed by atoms with Gasteiger partial charge in [0, 0.05) is 99.3 Å². The minimum Gasteiger partial charge on any atom is -0.364 e. The van der Waals surface area contributed by atoms with Crippen molar-refractivity contribution in [3.05, 3.63) is 86.2 Å². The predicted octanol–water partition coefficient (Wildman–Crippen LogP) is 3.00. The molecule has 0 saturated carbocycles. The molecule has 1 rings (SSSR count). The van der Waals surface area contributed by atoms with Crippen LogP contribution in [-0.4, -0.2) is 61.3 Å². The second-order valence-corrected chi connectivity index (χ2v) is 5.55. The summed E-state index contributed by atoms with van der Waals surface area (Å²) < 4.78 is 0. The topological polar surface area (TPSA) is 154 Å². The number of nitrogens with zero attached hydrogens (tertiary/aromatic N) is 9. The largest absolute Gasteiger partial charge is 0.364 e. The molecule has 176 valence electrons. The lowest BCUT2D eigenvalue weighted by atomic mass is 10.4. The summed E-state index contributed by atoms with van der Waals surface area (Å²) in [6.07, 6.45) is 33.7. The van der Waals surface area contributed by atoms with E-state index in [9.17, 15) is 4.79 Å². The Morgan fingerprint density at radius 1 is 0.457 bits per heavy atom. The molecular formula is C24H24N10O. The Morgan fingerprint density at radius 3 is 1.29 bits per heavy atom. The molecule has 0 atom stereocenters.